The summed E-state index contributed by atoms with van der Waals surface area (Å²) in [6.45, 7) is 3.19. The molecule has 0 saturated carbocycles. The Morgan fingerprint density at radius 3 is 3.06 bits per heavy atom. The van der Waals surface area contributed by atoms with Crippen LogP contribution in [0.4, 0.5) is 6.01 Å². The number of aromatic carboxylic acids is 1. The Hall–Kier alpha value is -1.56. The zero-order valence-electron chi connectivity index (χ0n) is 10.0. The van der Waals surface area contributed by atoms with Gasteiger partial charge in [0.2, 0.25) is 0 Å². The van der Waals surface area contributed by atoms with E-state index in [1.165, 1.54) is 0 Å². The topological polar surface area (TPSA) is 78.6 Å². The number of piperidine rings is 1. The average Bonchev–Trinajstić information content (AvgIpc) is 2.72. The second kappa shape index (κ2) is 4.75. The summed E-state index contributed by atoms with van der Waals surface area (Å²) in [6, 6.07) is 1.10. The summed E-state index contributed by atoms with van der Waals surface area (Å²) in [6.07, 6.45) is 3.16. The maximum absolute atomic E-state index is 10.6. The minimum Gasteiger partial charge on any atom is -0.476 e. The van der Waals surface area contributed by atoms with Crippen LogP contribution in [0.5, 0.6) is 0 Å². The zero-order valence-corrected chi connectivity index (χ0v) is 10.0. The van der Waals surface area contributed by atoms with E-state index in [4.69, 9.17) is 9.52 Å². The highest BCUT2D eigenvalue weighted by Crippen LogP contribution is 2.19. The largest absolute Gasteiger partial charge is 0.476 e. The fraction of sp³-hybridized carbons (Fsp3) is 0.636. The molecule has 94 valence electrons. The highest BCUT2D eigenvalue weighted by atomic mass is 16.4. The lowest BCUT2D eigenvalue weighted by atomic mass is 9.99. The molecule has 17 heavy (non-hydrogen) atoms. The molecule has 0 amide bonds. The SMILES string of the molecule is CC1CC(Nc2nc(C(=O)O)co2)CCN1C. The van der Waals surface area contributed by atoms with Crippen molar-refractivity contribution >= 4 is 12.0 Å². The second-order valence-electron chi connectivity index (χ2n) is 4.54. The fourth-order valence-corrected chi connectivity index (χ4v) is 2.03. The lowest BCUT2D eigenvalue weighted by Crippen LogP contribution is -2.42. The molecule has 0 radical (unpaired) electrons. The molecule has 1 aromatic heterocycles. The van der Waals surface area contributed by atoms with Crippen LogP contribution in [0.15, 0.2) is 10.7 Å². The van der Waals surface area contributed by atoms with Crippen molar-refractivity contribution in [3.05, 3.63) is 12.0 Å². The van der Waals surface area contributed by atoms with Gasteiger partial charge in [-0.25, -0.2) is 4.79 Å². The Morgan fingerprint density at radius 1 is 1.71 bits per heavy atom. The molecule has 6 heteroatoms. The highest BCUT2D eigenvalue weighted by Gasteiger charge is 2.24. The van der Waals surface area contributed by atoms with Crippen molar-refractivity contribution < 1.29 is 14.3 Å². The third kappa shape index (κ3) is 2.76. The number of likely N-dealkylation sites (tertiary alicyclic amines) is 1. The maximum atomic E-state index is 10.6. The monoisotopic (exact) mass is 239 g/mol. The molecule has 2 heterocycles. The molecule has 1 aliphatic heterocycles. The van der Waals surface area contributed by atoms with E-state index >= 15 is 0 Å². The van der Waals surface area contributed by atoms with Crippen molar-refractivity contribution in [2.75, 3.05) is 18.9 Å². The first-order chi connectivity index (χ1) is 8.06. The van der Waals surface area contributed by atoms with E-state index < -0.39 is 5.97 Å². The molecular formula is C11H17N3O3. The van der Waals surface area contributed by atoms with Gasteiger partial charge in [0.25, 0.3) is 6.01 Å². The summed E-state index contributed by atoms with van der Waals surface area (Å²) in [5.74, 6) is -1.07. The number of oxazole rings is 1. The summed E-state index contributed by atoms with van der Waals surface area (Å²) in [5.41, 5.74) is -0.0616. The Labute approximate surface area is 99.6 Å². The normalized spacial score (nSPS) is 25.8. The Kier molecular flexibility index (Phi) is 3.33. The number of carbonyl (C=O) groups is 1. The molecule has 2 atom stereocenters. The number of hydrogen-bond donors (Lipinski definition) is 2. The third-order valence-corrected chi connectivity index (χ3v) is 3.26. The molecule has 0 aromatic carbocycles. The summed E-state index contributed by atoms with van der Waals surface area (Å²) in [5, 5.41) is 11.9. The molecular weight excluding hydrogens is 222 g/mol. The summed E-state index contributed by atoms with van der Waals surface area (Å²) >= 11 is 0. The van der Waals surface area contributed by atoms with Crippen LogP contribution in [0.1, 0.15) is 30.3 Å². The molecule has 0 spiro atoms. The van der Waals surface area contributed by atoms with Gasteiger partial charge >= 0.3 is 5.97 Å². The van der Waals surface area contributed by atoms with E-state index in [1.807, 2.05) is 0 Å². The van der Waals surface area contributed by atoms with Crippen molar-refractivity contribution in [2.24, 2.45) is 0 Å². The highest BCUT2D eigenvalue weighted by molar-refractivity contribution is 5.85. The van der Waals surface area contributed by atoms with E-state index in [-0.39, 0.29) is 5.69 Å². The number of aromatic nitrogens is 1. The van der Waals surface area contributed by atoms with Crippen molar-refractivity contribution in [3.63, 3.8) is 0 Å². The Morgan fingerprint density at radius 2 is 2.47 bits per heavy atom. The van der Waals surface area contributed by atoms with Crippen LogP contribution in [-0.2, 0) is 0 Å². The molecule has 6 nitrogen and oxygen atoms in total. The minimum atomic E-state index is -1.07. The van der Waals surface area contributed by atoms with Crippen LogP contribution >= 0.6 is 0 Å². The summed E-state index contributed by atoms with van der Waals surface area (Å²) in [4.78, 5) is 16.8. The molecule has 1 saturated heterocycles. The number of carboxylic acids is 1. The van der Waals surface area contributed by atoms with E-state index in [2.05, 4.69) is 29.2 Å². The number of anilines is 1. The first-order valence-corrected chi connectivity index (χ1v) is 5.72. The van der Waals surface area contributed by atoms with E-state index in [9.17, 15) is 4.79 Å². The maximum Gasteiger partial charge on any atom is 0.357 e. The third-order valence-electron chi connectivity index (χ3n) is 3.26. The van der Waals surface area contributed by atoms with Crippen LogP contribution in [0.3, 0.4) is 0 Å². The van der Waals surface area contributed by atoms with Gasteiger partial charge in [0.05, 0.1) is 0 Å². The van der Waals surface area contributed by atoms with Gasteiger partial charge < -0.3 is 19.7 Å². The van der Waals surface area contributed by atoms with Crippen LogP contribution in [0.2, 0.25) is 0 Å². The van der Waals surface area contributed by atoms with Gasteiger partial charge in [-0.2, -0.15) is 4.98 Å². The van der Waals surface area contributed by atoms with E-state index in [1.54, 1.807) is 0 Å². The van der Waals surface area contributed by atoms with Crippen molar-refractivity contribution in [3.8, 4) is 0 Å². The van der Waals surface area contributed by atoms with Gasteiger partial charge in [-0.05, 0) is 26.8 Å². The number of hydrogen-bond acceptors (Lipinski definition) is 5. The summed E-state index contributed by atoms with van der Waals surface area (Å²) in [7, 11) is 2.11. The van der Waals surface area contributed by atoms with Crippen LogP contribution in [0.25, 0.3) is 0 Å². The molecule has 1 aromatic rings. The van der Waals surface area contributed by atoms with Crippen LogP contribution in [0, 0.1) is 0 Å². The van der Waals surface area contributed by atoms with Gasteiger partial charge in [-0.3, -0.25) is 0 Å². The first kappa shape index (κ1) is 11.9. The van der Waals surface area contributed by atoms with E-state index in [0.29, 0.717) is 18.1 Å². The predicted octanol–water partition coefficient (Wildman–Crippen LogP) is 1.27. The van der Waals surface area contributed by atoms with Gasteiger partial charge in [-0.15, -0.1) is 0 Å². The Bertz CT molecular complexity index is 404. The Balaban J connectivity index is 1.94. The van der Waals surface area contributed by atoms with Gasteiger partial charge in [0.1, 0.15) is 6.26 Å². The van der Waals surface area contributed by atoms with Crippen molar-refractivity contribution in [1.29, 1.82) is 0 Å². The van der Waals surface area contributed by atoms with Gasteiger partial charge in [0.15, 0.2) is 5.69 Å². The quantitative estimate of drug-likeness (QED) is 0.827. The van der Waals surface area contributed by atoms with Crippen molar-refractivity contribution in [2.45, 2.75) is 31.8 Å². The molecule has 2 unspecified atom stereocenters. The number of carboxylic acid groups (broad SMARTS) is 1. The lowest BCUT2D eigenvalue weighted by Gasteiger charge is -2.34. The number of rotatable bonds is 3. The van der Waals surface area contributed by atoms with E-state index in [0.717, 1.165) is 25.6 Å². The molecule has 2 rings (SSSR count). The predicted molar refractivity (Wildman–Crippen MR) is 62.2 cm³/mol. The summed E-state index contributed by atoms with van der Waals surface area (Å²) < 4.78 is 5.07. The average molecular weight is 239 g/mol. The zero-order chi connectivity index (χ0) is 12.4. The first-order valence-electron chi connectivity index (χ1n) is 5.72. The number of nitrogens with one attached hydrogen (secondary N) is 1. The molecule has 2 N–H and O–H groups in total. The minimum absolute atomic E-state index is 0.0616. The van der Waals surface area contributed by atoms with Crippen molar-refractivity contribution in [1.82, 2.24) is 9.88 Å². The number of nitrogens with zero attached hydrogens (tertiary/aromatic N) is 2. The van der Waals surface area contributed by atoms with Gasteiger partial charge in [-0.1, -0.05) is 0 Å². The molecule has 0 bridgehead atoms. The molecule has 1 fully saturated rings. The van der Waals surface area contributed by atoms with Crippen LogP contribution in [-0.4, -0.2) is 46.6 Å². The standard InChI is InChI=1S/C11H17N3O3/c1-7-5-8(3-4-14(7)2)12-11-13-9(6-17-11)10(15)16/h6-8H,3-5H2,1-2H3,(H,12,13)(H,15,16). The van der Waals surface area contributed by atoms with Crippen LogP contribution < -0.4 is 5.32 Å². The smallest absolute Gasteiger partial charge is 0.357 e. The molecule has 1 aliphatic rings. The fourth-order valence-electron chi connectivity index (χ4n) is 2.03. The molecule has 0 aliphatic carbocycles. The lowest BCUT2D eigenvalue weighted by molar-refractivity contribution is 0.0690. The van der Waals surface area contributed by atoms with Gasteiger partial charge in [0, 0.05) is 18.6 Å². The second-order valence-corrected chi connectivity index (χ2v) is 4.54.